The first kappa shape index (κ1) is 16.4. The Morgan fingerprint density at radius 2 is 2.00 bits per heavy atom. The summed E-state index contributed by atoms with van der Waals surface area (Å²) in [4.78, 5) is 14.7. The van der Waals surface area contributed by atoms with Gasteiger partial charge in [-0.05, 0) is 54.6 Å². The van der Waals surface area contributed by atoms with Gasteiger partial charge in [-0.25, -0.2) is 4.79 Å². The zero-order valence-corrected chi connectivity index (χ0v) is 15.0. The van der Waals surface area contributed by atoms with Crippen LogP contribution in [-0.2, 0) is 6.42 Å². The van der Waals surface area contributed by atoms with Crippen LogP contribution in [-0.4, -0.2) is 30.1 Å². The van der Waals surface area contributed by atoms with Crippen molar-refractivity contribution in [2.45, 2.75) is 59.4 Å². The Morgan fingerprint density at radius 1 is 1.26 bits per heavy atom. The van der Waals surface area contributed by atoms with Crippen molar-refractivity contribution in [2.75, 3.05) is 13.1 Å². The fourth-order valence-electron chi connectivity index (χ4n) is 4.99. The number of fused-ring (bicyclic) bond motifs is 2. The Hall–Kier alpha value is -1.51. The van der Waals surface area contributed by atoms with E-state index in [2.05, 4.69) is 62.2 Å². The lowest BCUT2D eigenvalue weighted by molar-refractivity contribution is 0.129. The van der Waals surface area contributed by atoms with Gasteiger partial charge in [0.1, 0.15) is 0 Å². The highest BCUT2D eigenvalue weighted by atomic mass is 16.2. The predicted molar refractivity (Wildman–Crippen MR) is 94.5 cm³/mol. The minimum Gasteiger partial charge on any atom is -0.338 e. The van der Waals surface area contributed by atoms with Crippen molar-refractivity contribution in [1.82, 2.24) is 10.2 Å². The van der Waals surface area contributed by atoms with Crippen LogP contribution in [0.1, 0.15) is 51.2 Å². The van der Waals surface area contributed by atoms with Gasteiger partial charge in [0.15, 0.2) is 0 Å². The summed E-state index contributed by atoms with van der Waals surface area (Å²) in [6.07, 6.45) is 4.43. The van der Waals surface area contributed by atoms with Crippen LogP contribution in [0.5, 0.6) is 0 Å². The van der Waals surface area contributed by atoms with E-state index in [1.54, 1.807) is 0 Å². The quantitative estimate of drug-likeness (QED) is 0.893. The highest BCUT2D eigenvalue weighted by Crippen LogP contribution is 2.52. The second kappa shape index (κ2) is 5.85. The molecule has 0 spiro atoms. The van der Waals surface area contributed by atoms with Gasteiger partial charge in [-0.2, -0.15) is 0 Å². The molecule has 3 rings (SSSR count). The summed E-state index contributed by atoms with van der Waals surface area (Å²) in [6.45, 7) is 10.8. The van der Waals surface area contributed by atoms with Crippen molar-refractivity contribution in [3.05, 3.63) is 35.4 Å². The third kappa shape index (κ3) is 3.54. The summed E-state index contributed by atoms with van der Waals surface area (Å²) < 4.78 is 0. The number of carbonyl (C=O) groups is 1. The van der Waals surface area contributed by atoms with Crippen LogP contribution in [0.3, 0.4) is 0 Å². The normalized spacial score (nSPS) is 28.7. The largest absolute Gasteiger partial charge is 0.338 e. The molecule has 0 aromatic heterocycles. The van der Waals surface area contributed by atoms with E-state index in [0.717, 1.165) is 19.4 Å². The maximum atomic E-state index is 12.6. The standard InChI is InChI=1S/C20H30N2O/c1-15-7-5-6-8-16(15)9-10-21-18(23)22-14-20(4)12-17(22)11-19(2,3)13-20/h5-8,17H,9-14H2,1-4H3,(H,21,23). The van der Waals surface area contributed by atoms with E-state index in [0.29, 0.717) is 23.4 Å². The first-order valence-electron chi connectivity index (χ1n) is 8.87. The summed E-state index contributed by atoms with van der Waals surface area (Å²) >= 11 is 0. The van der Waals surface area contributed by atoms with Gasteiger partial charge in [0.25, 0.3) is 0 Å². The van der Waals surface area contributed by atoms with Crippen molar-refractivity contribution in [1.29, 1.82) is 0 Å². The molecule has 3 nitrogen and oxygen atoms in total. The molecular weight excluding hydrogens is 284 g/mol. The molecule has 1 heterocycles. The third-order valence-electron chi connectivity index (χ3n) is 5.61. The number of carbonyl (C=O) groups excluding carboxylic acids is 1. The fourth-order valence-corrected chi connectivity index (χ4v) is 4.99. The van der Waals surface area contributed by atoms with Crippen molar-refractivity contribution < 1.29 is 4.79 Å². The molecular formula is C20H30N2O. The minimum absolute atomic E-state index is 0.130. The van der Waals surface area contributed by atoms with Gasteiger partial charge in [-0.15, -0.1) is 0 Å². The number of aryl methyl sites for hydroxylation is 1. The van der Waals surface area contributed by atoms with Crippen LogP contribution in [0.15, 0.2) is 24.3 Å². The Morgan fingerprint density at radius 3 is 2.74 bits per heavy atom. The number of benzene rings is 1. The molecule has 1 aliphatic carbocycles. The van der Waals surface area contributed by atoms with Gasteiger partial charge in [0, 0.05) is 19.1 Å². The Kier molecular flexibility index (Phi) is 4.16. The summed E-state index contributed by atoms with van der Waals surface area (Å²) in [5, 5.41) is 3.14. The van der Waals surface area contributed by atoms with E-state index >= 15 is 0 Å². The summed E-state index contributed by atoms with van der Waals surface area (Å²) in [5.41, 5.74) is 3.28. The minimum atomic E-state index is 0.130. The average molecular weight is 314 g/mol. The molecule has 1 N–H and O–H groups in total. The number of nitrogens with one attached hydrogen (secondary N) is 1. The van der Waals surface area contributed by atoms with Crippen LogP contribution < -0.4 is 5.32 Å². The van der Waals surface area contributed by atoms with Crippen LogP contribution in [0.2, 0.25) is 0 Å². The van der Waals surface area contributed by atoms with Crippen molar-refractivity contribution in [3.8, 4) is 0 Å². The molecule has 2 amide bonds. The zero-order valence-electron chi connectivity index (χ0n) is 15.0. The number of amides is 2. The monoisotopic (exact) mass is 314 g/mol. The lowest BCUT2D eigenvalue weighted by atomic mass is 9.65. The predicted octanol–water partition coefficient (Wildman–Crippen LogP) is 4.15. The van der Waals surface area contributed by atoms with E-state index in [1.165, 1.54) is 24.0 Å². The Balaban J connectivity index is 1.56. The SMILES string of the molecule is Cc1ccccc1CCNC(=O)N1CC2(C)CC1CC(C)(C)C2. The number of likely N-dealkylation sites (tertiary alicyclic amines) is 1. The summed E-state index contributed by atoms with van der Waals surface area (Å²) in [7, 11) is 0. The Labute approximate surface area is 140 Å². The lowest BCUT2D eigenvalue weighted by Crippen LogP contribution is -2.44. The number of nitrogens with zero attached hydrogens (tertiary/aromatic N) is 1. The Bertz CT molecular complexity index is 595. The summed E-state index contributed by atoms with van der Waals surface area (Å²) in [5.74, 6) is 0. The van der Waals surface area contributed by atoms with Crippen LogP contribution in [0, 0.1) is 17.8 Å². The van der Waals surface area contributed by atoms with Gasteiger partial charge < -0.3 is 10.2 Å². The second-order valence-corrected chi connectivity index (χ2v) is 8.75. The number of urea groups is 1. The highest BCUT2D eigenvalue weighted by molar-refractivity contribution is 5.75. The molecule has 0 radical (unpaired) electrons. The van der Waals surface area contributed by atoms with Gasteiger partial charge in [0.2, 0.25) is 0 Å². The van der Waals surface area contributed by atoms with E-state index in [-0.39, 0.29) is 6.03 Å². The summed E-state index contributed by atoms with van der Waals surface area (Å²) in [6, 6.07) is 8.95. The molecule has 1 aliphatic heterocycles. The van der Waals surface area contributed by atoms with Crippen LogP contribution in [0.25, 0.3) is 0 Å². The number of hydrogen-bond donors (Lipinski definition) is 1. The zero-order chi connectivity index (χ0) is 16.7. The lowest BCUT2D eigenvalue weighted by Gasteiger charge is -2.39. The molecule has 1 aromatic rings. The van der Waals surface area contributed by atoms with Crippen LogP contribution in [0.4, 0.5) is 4.79 Å². The second-order valence-electron chi connectivity index (χ2n) is 8.75. The molecule has 3 heteroatoms. The maximum absolute atomic E-state index is 12.6. The number of rotatable bonds is 3. The van der Waals surface area contributed by atoms with E-state index in [4.69, 9.17) is 0 Å². The molecule has 126 valence electrons. The highest BCUT2D eigenvalue weighted by Gasteiger charge is 2.50. The molecule has 1 aromatic carbocycles. The van der Waals surface area contributed by atoms with E-state index in [9.17, 15) is 4.79 Å². The smallest absolute Gasteiger partial charge is 0.317 e. The topological polar surface area (TPSA) is 32.3 Å². The molecule has 2 fully saturated rings. The van der Waals surface area contributed by atoms with Gasteiger partial charge in [-0.1, -0.05) is 45.0 Å². The van der Waals surface area contributed by atoms with Crippen molar-refractivity contribution in [2.24, 2.45) is 10.8 Å². The first-order valence-corrected chi connectivity index (χ1v) is 8.87. The van der Waals surface area contributed by atoms with Gasteiger partial charge in [-0.3, -0.25) is 0 Å². The molecule has 1 saturated carbocycles. The van der Waals surface area contributed by atoms with Gasteiger partial charge >= 0.3 is 6.03 Å². The molecule has 23 heavy (non-hydrogen) atoms. The van der Waals surface area contributed by atoms with E-state index in [1.807, 2.05) is 0 Å². The maximum Gasteiger partial charge on any atom is 0.317 e. The number of hydrogen-bond acceptors (Lipinski definition) is 1. The van der Waals surface area contributed by atoms with Crippen molar-refractivity contribution >= 4 is 6.03 Å². The van der Waals surface area contributed by atoms with Crippen molar-refractivity contribution in [3.63, 3.8) is 0 Å². The van der Waals surface area contributed by atoms with Gasteiger partial charge in [0.05, 0.1) is 0 Å². The molecule has 2 bridgehead atoms. The average Bonchev–Trinajstić information content (AvgIpc) is 2.70. The van der Waals surface area contributed by atoms with Crippen LogP contribution >= 0.6 is 0 Å². The third-order valence-corrected chi connectivity index (χ3v) is 5.61. The first-order chi connectivity index (χ1) is 10.8. The van der Waals surface area contributed by atoms with E-state index < -0.39 is 0 Å². The molecule has 2 aliphatic rings. The fraction of sp³-hybridized carbons (Fsp3) is 0.650. The molecule has 2 atom stereocenters. The molecule has 1 saturated heterocycles. The molecule has 2 unspecified atom stereocenters.